The van der Waals surface area contributed by atoms with Gasteiger partial charge in [0.1, 0.15) is 5.82 Å². The van der Waals surface area contributed by atoms with Crippen molar-refractivity contribution in [2.75, 3.05) is 6.54 Å². The van der Waals surface area contributed by atoms with E-state index >= 15 is 0 Å². The van der Waals surface area contributed by atoms with Crippen molar-refractivity contribution in [2.24, 2.45) is 7.05 Å². The first-order valence-corrected chi connectivity index (χ1v) is 6.21. The van der Waals surface area contributed by atoms with Crippen molar-refractivity contribution in [3.05, 3.63) is 34.3 Å². The van der Waals surface area contributed by atoms with Crippen molar-refractivity contribution < 1.29 is 0 Å². The number of thiazole rings is 1. The summed E-state index contributed by atoms with van der Waals surface area (Å²) in [5.74, 6) is 1.07. The lowest BCUT2D eigenvalue weighted by Crippen LogP contribution is -2.18. The number of nitrogens with one attached hydrogen (secondary N) is 1. The molecule has 2 rings (SSSR count). The molecule has 0 aliphatic rings. The van der Waals surface area contributed by atoms with Crippen LogP contribution in [-0.2, 0) is 20.0 Å². The third kappa shape index (κ3) is 2.68. The summed E-state index contributed by atoms with van der Waals surface area (Å²) < 4.78 is 2.03. The van der Waals surface area contributed by atoms with Crippen LogP contribution in [0.4, 0.5) is 0 Å². The molecule has 4 nitrogen and oxygen atoms in total. The molecule has 0 atom stereocenters. The van der Waals surface area contributed by atoms with Crippen LogP contribution in [0.2, 0.25) is 0 Å². The number of rotatable bonds is 5. The van der Waals surface area contributed by atoms with Gasteiger partial charge in [0.25, 0.3) is 0 Å². The Balaban J connectivity index is 1.74. The zero-order valence-corrected chi connectivity index (χ0v) is 10.4. The van der Waals surface area contributed by atoms with Crippen LogP contribution in [0.25, 0.3) is 0 Å². The second-order valence-corrected chi connectivity index (χ2v) is 4.68. The van der Waals surface area contributed by atoms with Gasteiger partial charge in [-0.25, -0.2) is 9.97 Å². The maximum absolute atomic E-state index is 4.26. The van der Waals surface area contributed by atoms with Crippen LogP contribution in [0.1, 0.15) is 16.4 Å². The molecule has 0 saturated carbocycles. The monoisotopic (exact) mass is 236 g/mol. The second-order valence-electron chi connectivity index (χ2n) is 3.74. The third-order valence-corrected chi connectivity index (χ3v) is 3.57. The van der Waals surface area contributed by atoms with Gasteiger partial charge in [-0.3, -0.25) is 0 Å². The molecule has 0 bridgehead atoms. The van der Waals surface area contributed by atoms with Crippen LogP contribution >= 0.6 is 11.3 Å². The van der Waals surface area contributed by atoms with Gasteiger partial charge < -0.3 is 9.88 Å². The fraction of sp³-hybridized carbons (Fsp3) is 0.455. The first-order valence-electron chi connectivity index (χ1n) is 5.33. The second kappa shape index (κ2) is 5.23. The standard InChI is InChI=1S/C11H16N4S/c1-9-10(16-8-14-9)3-4-12-7-11-13-5-6-15(11)2/h5-6,8,12H,3-4,7H2,1-2H3. The lowest BCUT2D eigenvalue weighted by atomic mass is 10.3. The van der Waals surface area contributed by atoms with E-state index in [9.17, 15) is 0 Å². The maximum atomic E-state index is 4.26. The van der Waals surface area contributed by atoms with Gasteiger partial charge in [-0.05, 0) is 13.3 Å². The summed E-state index contributed by atoms with van der Waals surface area (Å²) in [5, 5.41) is 3.39. The summed E-state index contributed by atoms with van der Waals surface area (Å²) in [7, 11) is 2.01. The van der Waals surface area contributed by atoms with Crippen molar-refractivity contribution in [3.8, 4) is 0 Å². The van der Waals surface area contributed by atoms with Gasteiger partial charge in [0.15, 0.2) is 0 Å². The topological polar surface area (TPSA) is 42.7 Å². The molecule has 86 valence electrons. The molecule has 0 aliphatic heterocycles. The molecule has 2 aromatic rings. The molecule has 0 amide bonds. The van der Waals surface area contributed by atoms with Crippen LogP contribution in [-0.4, -0.2) is 21.1 Å². The van der Waals surface area contributed by atoms with Gasteiger partial charge >= 0.3 is 0 Å². The first-order chi connectivity index (χ1) is 7.77. The van der Waals surface area contributed by atoms with E-state index in [2.05, 4.69) is 22.2 Å². The van der Waals surface area contributed by atoms with E-state index < -0.39 is 0 Å². The minimum absolute atomic E-state index is 0.821. The highest BCUT2D eigenvalue weighted by molar-refractivity contribution is 7.09. The summed E-state index contributed by atoms with van der Waals surface area (Å²) in [6.07, 6.45) is 4.83. The summed E-state index contributed by atoms with van der Waals surface area (Å²) >= 11 is 1.73. The van der Waals surface area contributed by atoms with Gasteiger partial charge in [-0.2, -0.15) is 0 Å². The Morgan fingerprint density at radius 3 is 2.94 bits per heavy atom. The molecular formula is C11H16N4S. The molecule has 0 aromatic carbocycles. The molecule has 0 saturated heterocycles. The predicted octanol–water partition coefficient (Wildman–Crippen LogP) is 1.52. The van der Waals surface area contributed by atoms with E-state index in [4.69, 9.17) is 0 Å². The third-order valence-electron chi connectivity index (χ3n) is 2.58. The number of nitrogens with zero attached hydrogens (tertiary/aromatic N) is 3. The fourth-order valence-corrected chi connectivity index (χ4v) is 2.32. The fourth-order valence-electron chi connectivity index (χ4n) is 1.54. The van der Waals surface area contributed by atoms with E-state index in [-0.39, 0.29) is 0 Å². The van der Waals surface area contributed by atoms with Crippen molar-refractivity contribution in [1.82, 2.24) is 19.9 Å². The summed E-state index contributed by atoms with van der Waals surface area (Å²) in [4.78, 5) is 9.86. The average Bonchev–Trinajstić information content (AvgIpc) is 2.84. The summed E-state index contributed by atoms with van der Waals surface area (Å²) in [5.41, 5.74) is 3.06. The SMILES string of the molecule is Cc1ncsc1CCNCc1nccn1C. The smallest absolute Gasteiger partial charge is 0.122 e. The van der Waals surface area contributed by atoms with Crippen LogP contribution in [0, 0.1) is 6.92 Å². The molecule has 5 heteroatoms. The van der Waals surface area contributed by atoms with Crippen LogP contribution in [0.3, 0.4) is 0 Å². The number of hydrogen-bond acceptors (Lipinski definition) is 4. The van der Waals surface area contributed by atoms with Crippen molar-refractivity contribution in [1.29, 1.82) is 0 Å². The highest BCUT2D eigenvalue weighted by Gasteiger charge is 2.01. The van der Waals surface area contributed by atoms with Crippen molar-refractivity contribution in [3.63, 3.8) is 0 Å². The molecule has 0 aliphatic carbocycles. The van der Waals surface area contributed by atoms with Gasteiger partial charge in [0.2, 0.25) is 0 Å². The van der Waals surface area contributed by atoms with Crippen LogP contribution < -0.4 is 5.32 Å². The molecule has 0 spiro atoms. The summed E-state index contributed by atoms with van der Waals surface area (Å²) in [6, 6.07) is 0. The predicted molar refractivity (Wildman–Crippen MR) is 65.5 cm³/mol. The lowest BCUT2D eigenvalue weighted by molar-refractivity contribution is 0.639. The average molecular weight is 236 g/mol. The van der Waals surface area contributed by atoms with E-state index in [1.54, 1.807) is 11.3 Å². The quantitative estimate of drug-likeness (QED) is 0.800. The Labute approximate surface area is 99.4 Å². The Kier molecular flexibility index (Phi) is 3.69. The van der Waals surface area contributed by atoms with Gasteiger partial charge in [-0.1, -0.05) is 0 Å². The molecule has 0 fully saturated rings. The number of imidazole rings is 1. The van der Waals surface area contributed by atoms with Crippen LogP contribution in [0.5, 0.6) is 0 Å². The minimum atomic E-state index is 0.821. The van der Waals surface area contributed by atoms with Crippen molar-refractivity contribution in [2.45, 2.75) is 19.9 Å². The Bertz CT molecular complexity index is 404. The van der Waals surface area contributed by atoms with E-state index in [1.807, 2.05) is 29.5 Å². The van der Waals surface area contributed by atoms with Gasteiger partial charge in [0.05, 0.1) is 17.7 Å². The number of aryl methyl sites for hydroxylation is 2. The Morgan fingerprint density at radius 1 is 1.44 bits per heavy atom. The number of hydrogen-bond donors (Lipinski definition) is 1. The van der Waals surface area contributed by atoms with Gasteiger partial charge in [0, 0.05) is 30.9 Å². The van der Waals surface area contributed by atoms with E-state index in [0.29, 0.717) is 0 Å². The highest BCUT2D eigenvalue weighted by atomic mass is 32.1. The van der Waals surface area contributed by atoms with E-state index in [0.717, 1.165) is 31.0 Å². The zero-order chi connectivity index (χ0) is 11.4. The molecule has 0 radical (unpaired) electrons. The van der Waals surface area contributed by atoms with Crippen LogP contribution in [0.15, 0.2) is 17.9 Å². The van der Waals surface area contributed by atoms with Crippen molar-refractivity contribution >= 4 is 11.3 Å². The molecule has 2 heterocycles. The normalized spacial score (nSPS) is 10.9. The summed E-state index contributed by atoms with van der Waals surface area (Å²) in [6.45, 7) is 3.85. The van der Waals surface area contributed by atoms with Gasteiger partial charge in [-0.15, -0.1) is 11.3 Å². The molecular weight excluding hydrogens is 220 g/mol. The zero-order valence-electron chi connectivity index (χ0n) is 9.60. The molecule has 16 heavy (non-hydrogen) atoms. The highest BCUT2D eigenvalue weighted by Crippen LogP contribution is 2.11. The van der Waals surface area contributed by atoms with E-state index in [1.165, 1.54) is 4.88 Å². The molecule has 1 N–H and O–H groups in total. The lowest BCUT2D eigenvalue weighted by Gasteiger charge is -2.04. The maximum Gasteiger partial charge on any atom is 0.122 e. The molecule has 2 aromatic heterocycles. The molecule has 0 unspecified atom stereocenters. The Hall–Kier alpha value is -1.20. The first kappa shape index (κ1) is 11.3. The minimum Gasteiger partial charge on any atom is -0.337 e. The largest absolute Gasteiger partial charge is 0.337 e. The number of aromatic nitrogens is 3. The Morgan fingerprint density at radius 2 is 2.31 bits per heavy atom.